The van der Waals surface area contributed by atoms with Crippen LogP contribution in [-0.2, 0) is 0 Å². The lowest BCUT2D eigenvalue weighted by Crippen LogP contribution is -2.36. The molecule has 1 aromatic carbocycles. The topological polar surface area (TPSA) is 28.2 Å². The smallest absolute Gasteiger partial charge is 0.179 e. The summed E-state index contributed by atoms with van der Waals surface area (Å²) in [6, 6.07) is 8.14. The van der Waals surface area contributed by atoms with Crippen molar-refractivity contribution in [3.05, 3.63) is 24.3 Å². The second kappa shape index (κ2) is 6.36. The molecule has 6 heteroatoms. The molecule has 0 bridgehead atoms. The van der Waals surface area contributed by atoms with E-state index >= 15 is 0 Å². The Morgan fingerprint density at radius 1 is 1.39 bits per heavy atom. The summed E-state index contributed by atoms with van der Waals surface area (Å²) >= 11 is 8.49. The monoisotopic (exact) mass is 297 g/mol. The molecule has 1 aromatic heterocycles. The molecule has 3 nitrogen and oxygen atoms in total. The predicted octanol–water partition coefficient (Wildman–Crippen LogP) is 3.52. The minimum atomic E-state index is 0.768. The molecule has 0 radical (unpaired) electrons. The Morgan fingerprint density at radius 2 is 2.11 bits per heavy atom. The number of hydrogen-bond acceptors (Lipinski definition) is 4. The van der Waals surface area contributed by atoms with E-state index in [4.69, 9.17) is 12.2 Å². The number of hydrogen-bond donors (Lipinski definition) is 1. The van der Waals surface area contributed by atoms with Gasteiger partial charge in [-0.25, -0.2) is 4.98 Å². The van der Waals surface area contributed by atoms with Gasteiger partial charge in [0.05, 0.1) is 10.2 Å². The molecule has 0 spiro atoms. The molecule has 18 heavy (non-hydrogen) atoms. The van der Waals surface area contributed by atoms with E-state index in [0.29, 0.717) is 0 Å². The van der Waals surface area contributed by atoms with Gasteiger partial charge in [0.1, 0.15) is 0 Å². The molecule has 0 fully saturated rings. The van der Waals surface area contributed by atoms with Crippen LogP contribution in [0.5, 0.6) is 0 Å². The minimum absolute atomic E-state index is 0.768. The number of fused-ring (bicyclic) bond motifs is 1. The van der Waals surface area contributed by atoms with E-state index < -0.39 is 0 Å². The summed E-state index contributed by atoms with van der Waals surface area (Å²) in [5, 5.41) is 0.768. The normalized spacial score (nSPS) is 10.6. The Kier molecular flexibility index (Phi) is 4.79. The first kappa shape index (κ1) is 13.6. The Hall–Kier alpha value is -0.850. The molecule has 0 unspecified atom stereocenters. The van der Waals surface area contributed by atoms with E-state index in [2.05, 4.69) is 34.5 Å². The molecular formula is C12H15N3S3. The fourth-order valence-corrected chi connectivity index (χ4v) is 3.65. The number of nitrogens with one attached hydrogen (secondary N) is 1. The first-order valence-electron chi connectivity index (χ1n) is 5.82. The lowest BCUT2D eigenvalue weighted by atomic mass is 10.3. The van der Waals surface area contributed by atoms with Crippen LogP contribution in [0.3, 0.4) is 0 Å². The molecule has 96 valence electrons. The van der Waals surface area contributed by atoms with Gasteiger partial charge in [-0.1, -0.05) is 12.1 Å². The molecule has 0 saturated heterocycles. The second-order valence-electron chi connectivity index (χ2n) is 3.63. The Labute approximate surface area is 121 Å². The molecule has 2 rings (SSSR count). The van der Waals surface area contributed by atoms with Crippen molar-refractivity contribution in [3.63, 3.8) is 0 Å². The van der Waals surface area contributed by atoms with Crippen LogP contribution in [0, 0.1) is 0 Å². The molecule has 0 aliphatic rings. The molecule has 1 N–H and O–H groups in total. The SMILES string of the molecule is CCN(CC)C(=S)NSc1nc2ccccc2s1. The average molecular weight is 297 g/mol. The number of aromatic nitrogens is 1. The second-order valence-corrected chi connectivity index (χ2v) is 6.10. The van der Waals surface area contributed by atoms with Crippen molar-refractivity contribution in [2.75, 3.05) is 13.1 Å². The highest BCUT2D eigenvalue weighted by Gasteiger charge is 2.07. The van der Waals surface area contributed by atoms with Gasteiger partial charge in [0.2, 0.25) is 0 Å². The van der Waals surface area contributed by atoms with Crippen LogP contribution in [0.1, 0.15) is 13.8 Å². The van der Waals surface area contributed by atoms with Gasteiger partial charge >= 0.3 is 0 Å². The summed E-state index contributed by atoms with van der Waals surface area (Å²) in [6.45, 7) is 6.03. The highest BCUT2D eigenvalue weighted by atomic mass is 32.2. The highest BCUT2D eigenvalue weighted by molar-refractivity contribution is 8.00. The van der Waals surface area contributed by atoms with Crippen molar-refractivity contribution in [1.82, 2.24) is 14.6 Å². The van der Waals surface area contributed by atoms with Crippen LogP contribution in [0.15, 0.2) is 28.6 Å². The van der Waals surface area contributed by atoms with Crippen LogP contribution in [0.4, 0.5) is 0 Å². The van der Waals surface area contributed by atoms with Gasteiger partial charge in [-0.15, -0.1) is 11.3 Å². The Morgan fingerprint density at radius 3 is 2.78 bits per heavy atom. The number of rotatable bonds is 4. The zero-order valence-electron chi connectivity index (χ0n) is 10.3. The molecule has 0 saturated carbocycles. The Bertz CT molecular complexity index is 501. The van der Waals surface area contributed by atoms with Gasteiger partial charge in [-0.05, 0) is 38.2 Å². The first-order chi connectivity index (χ1) is 8.74. The van der Waals surface area contributed by atoms with Crippen molar-refractivity contribution >= 4 is 50.8 Å². The summed E-state index contributed by atoms with van der Waals surface area (Å²) in [4.78, 5) is 6.64. The van der Waals surface area contributed by atoms with E-state index in [9.17, 15) is 0 Å². The Balaban J connectivity index is 1.99. The third-order valence-corrected chi connectivity index (χ3v) is 4.93. The summed E-state index contributed by atoms with van der Waals surface area (Å²) in [6.07, 6.45) is 0. The van der Waals surface area contributed by atoms with Gasteiger partial charge in [0.15, 0.2) is 9.45 Å². The number of para-hydroxylation sites is 1. The van der Waals surface area contributed by atoms with E-state index in [1.807, 2.05) is 18.2 Å². The number of thiazole rings is 1. The van der Waals surface area contributed by atoms with Crippen LogP contribution < -0.4 is 4.72 Å². The molecule has 0 atom stereocenters. The van der Waals surface area contributed by atoms with Crippen LogP contribution in [0.2, 0.25) is 0 Å². The molecule has 2 aromatic rings. The van der Waals surface area contributed by atoms with E-state index in [1.165, 1.54) is 16.6 Å². The van der Waals surface area contributed by atoms with Gasteiger partial charge in [-0.3, -0.25) is 0 Å². The lowest BCUT2D eigenvalue weighted by Gasteiger charge is -2.21. The fourth-order valence-electron chi connectivity index (χ4n) is 1.56. The average Bonchev–Trinajstić information content (AvgIpc) is 2.80. The van der Waals surface area contributed by atoms with Gasteiger partial charge in [0, 0.05) is 25.0 Å². The lowest BCUT2D eigenvalue weighted by molar-refractivity contribution is 0.466. The van der Waals surface area contributed by atoms with Crippen molar-refractivity contribution in [3.8, 4) is 0 Å². The fraction of sp³-hybridized carbons (Fsp3) is 0.333. The van der Waals surface area contributed by atoms with E-state index in [-0.39, 0.29) is 0 Å². The first-order valence-corrected chi connectivity index (χ1v) is 7.86. The van der Waals surface area contributed by atoms with E-state index in [0.717, 1.165) is 28.1 Å². The zero-order valence-corrected chi connectivity index (χ0v) is 12.8. The molecule has 0 amide bonds. The van der Waals surface area contributed by atoms with Gasteiger partial charge in [-0.2, -0.15) is 0 Å². The standard InChI is InChI=1S/C12H15N3S3/c1-3-15(4-2)11(16)14-18-12-13-9-7-5-6-8-10(9)17-12/h5-8H,3-4H2,1-2H3,(H,14,16). The number of thiocarbonyl (C=S) groups is 1. The largest absolute Gasteiger partial charge is 0.349 e. The van der Waals surface area contributed by atoms with Crippen molar-refractivity contribution in [1.29, 1.82) is 0 Å². The van der Waals surface area contributed by atoms with Crippen LogP contribution in [-0.4, -0.2) is 28.1 Å². The summed E-state index contributed by atoms with van der Waals surface area (Å²) in [7, 11) is 0. The molecule has 0 aliphatic carbocycles. The third kappa shape index (κ3) is 3.13. The quantitative estimate of drug-likeness (QED) is 0.688. The van der Waals surface area contributed by atoms with Crippen LogP contribution >= 0.6 is 35.5 Å². The molecular weight excluding hydrogens is 282 g/mol. The number of benzene rings is 1. The summed E-state index contributed by atoms with van der Waals surface area (Å²) < 4.78 is 5.38. The third-order valence-electron chi connectivity index (χ3n) is 2.55. The maximum absolute atomic E-state index is 5.32. The molecule has 1 heterocycles. The van der Waals surface area contributed by atoms with Crippen molar-refractivity contribution in [2.24, 2.45) is 0 Å². The minimum Gasteiger partial charge on any atom is -0.349 e. The van der Waals surface area contributed by atoms with E-state index in [1.54, 1.807) is 11.3 Å². The van der Waals surface area contributed by atoms with Crippen molar-refractivity contribution in [2.45, 2.75) is 18.2 Å². The van der Waals surface area contributed by atoms with Gasteiger partial charge in [0.25, 0.3) is 0 Å². The van der Waals surface area contributed by atoms with Gasteiger partial charge < -0.3 is 9.62 Å². The number of nitrogens with zero attached hydrogens (tertiary/aromatic N) is 2. The predicted molar refractivity (Wildman–Crippen MR) is 84.1 cm³/mol. The maximum atomic E-state index is 5.32. The van der Waals surface area contributed by atoms with Crippen molar-refractivity contribution < 1.29 is 0 Å². The summed E-state index contributed by atoms with van der Waals surface area (Å²) in [5.41, 5.74) is 1.04. The van der Waals surface area contributed by atoms with Crippen LogP contribution in [0.25, 0.3) is 10.2 Å². The zero-order chi connectivity index (χ0) is 13.0. The summed E-state index contributed by atoms with van der Waals surface area (Å²) in [5.74, 6) is 0. The molecule has 0 aliphatic heterocycles. The maximum Gasteiger partial charge on any atom is 0.179 e. The highest BCUT2D eigenvalue weighted by Crippen LogP contribution is 2.27.